The van der Waals surface area contributed by atoms with Crippen LogP contribution in [0, 0.1) is 3.57 Å². The lowest BCUT2D eigenvalue weighted by molar-refractivity contribution is 0.795. The van der Waals surface area contributed by atoms with E-state index < -0.39 is 0 Å². The fourth-order valence-electron chi connectivity index (χ4n) is 1.03. The fourth-order valence-corrected chi connectivity index (χ4v) is 1.39. The molecule has 0 atom stereocenters. The Morgan fingerprint density at radius 2 is 1.75 bits per heavy atom. The van der Waals surface area contributed by atoms with E-state index in [1.165, 1.54) is 28.4 Å². The highest BCUT2D eigenvalue weighted by Crippen LogP contribution is 2.08. The number of benzene rings is 1. The Bertz CT molecular complexity index is 201. The zero-order valence-electron chi connectivity index (χ0n) is 6.81. The zero-order chi connectivity index (χ0) is 8.10. The summed E-state index contributed by atoms with van der Waals surface area (Å²) in [5.41, 5.74) is 1.47. The van der Waals surface area contributed by atoms with Crippen molar-refractivity contribution in [3.05, 3.63) is 33.4 Å². The minimum absolute atomic E-state index is 0. The van der Waals surface area contributed by atoms with Gasteiger partial charge in [-0.25, -0.2) is 0 Å². The second-order valence-electron chi connectivity index (χ2n) is 2.73. The van der Waals surface area contributed by atoms with E-state index in [4.69, 9.17) is 0 Å². The highest BCUT2D eigenvalue weighted by Gasteiger charge is 1.90. The van der Waals surface area contributed by atoms with Gasteiger partial charge in [-0.05, 0) is 53.1 Å². The average molecular weight is 276 g/mol. The van der Waals surface area contributed by atoms with E-state index in [0.717, 1.165) is 0 Å². The standard InChI is InChI=1S/C10H13I.CH4/c1-2-3-4-9-5-7-10(11)8-6-9;/h5-8H,2-4H2,1H3;1H4. The van der Waals surface area contributed by atoms with Crippen molar-refractivity contribution in [2.75, 3.05) is 0 Å². The predicted octanol–water partition coefficient (Wildman–Crippen LogP) is 4.27. The van der Waals surface area contributed by atoms with Crippen LogP contribution >= 0.6 is 22.6 Å². The minimum atomic E-state index is 0. The summed E-state index contributed by atoms with van der Waals surface area (Å²) in [7, 11) is 0. The lowest BCUT2D eigenvalue weighted by Gasteiger charge is -1.98. The Morgan fingerprint density at radius 3 is 2.25 bits per heavy atom. The van der Waals surface area contributed by atoms with Crippen LogP contribution in [0.1, 0.15) is 32.8 Å². The molecule has 0 nitrogen and oxygen atoms in total. The third kappa shape index (κ3) is 4.10. The van der Waals surface area contributed by atoms with Crippen LogP contribution in [-0.4, -0.2) is 0 Å². The fraction of sp³-hybridized carbons (Fsp3) is 0.455. The highest BCUT2D eigenvalue weighted by molar-refractivity contribution is 14.1. The zero-order valence-corrected chi connectivity index (χ0v) is 8.97. The van der Waals surface area contributed by atoms with Gasteiger partial charge in [0.1, 0.15) is 0 Å². The van der Waals surface area contributed by atoms with Crippen LogP contribution in [0.2, 0.25) is 0 Å². The second-order valence-corrected chi connectivity index (χ2v) is 3.98. The van der Waals surface area contributed by atoms with E-state index in [0.29, 0.717) is 0 Å². The molecule has 0 aliphatic carbocycles. The molecule has 0 aliphatic rings. The van der Waals surface area contributed by atoms with Gasteiger partial charge in [0.25, 0.3) is 0 Å². The molecule has 0 fully saturated rings. The lowest BCUT2D eigenvalue weighted by Crippen LogP contribution is -1.83. The first-order chi connectivity index (χ1) is 5.33. The molecule has 0 radical (unpaired) electrons. The van der Waals surface area contributed by atoms with E-state index in [1.54, 1.807) is 0 Å². The molecule has 0 saturated carbocycles. The molecule has 0 saturated heterocycles. The van der Waals surface area contributed by atoms with Gasteiger partial charge in [0.2, 0.25) is 0 Å². The number of unbranched alkanes of at least 4 members (excludes halogenated alkanes) is 1. The Labute approximate surface area is 89.5 Å². The normalized spacial score (nSPS) is 9.17. The van der Waals surface area contributed by atoms with Gasteiger partial charge in [-0.1, -0.05) is 32.9 Å². The number of aryl methyl sites for hydroxylation is 1. The van der Waals surface area contributed by atoms with E-state index in [1.807, 2.05) is 0 Å². The Hall–Kier alpha value is -0.0500. The summed E-state index contributed by atoms with van der Waals surface area (Å²) in [6.45, 7) is 2.23. The van der Waals surface area contributed by atoms with Gasteiger partial charge in [0.15, 0.2) is 0 Å². The van der Waals surface area contributed by atoms with Crippen LogP contribution < -0.4 is 0 Å². The SMILES string of the molecule is C.CCCCc1ccc(I)cc1. The summed E-state index contributed by atoms with van der Waals surface area (Å²) in [5, 5.41) is 0. The molecule has 1 aromatic rings. The van der Waals surface area contributed by atoms with E-state index >= 15 is 0 Å². The third-order valence-corrected chi connectivity index (χ3v) is 2.45. The number of hydrogen-bond acceptors (Lipinski definition) is 0. The van der Waals surface area contributed by atoms with E-state index in [-0.39, 0.29) is 7.43 Å². The van der Waals surface area contributed by atoms with Crippen molar-refractivity contribution in [2.45, 2.75) is 33.6 Å². The molecule has 0 aliphatic heterocycles. The van der Waals surface area contributed by atoms with Gasteiger partial charge < -0.3 is 0 Å². The predicted molar refractivity (Wildman–Crippen MR) is 64.5 cm³/mol. The summed E-state index contributed by atoms with van der Waals surface area (Å²) in [5.74, 6) is 0. The molecular weight excluding hydrogens is 259 g/mol. The van der Waals surface area contributed by atoms with Gasteiger partial charge >= 0.3 is 0 Å². The molecule has 12 heavy (non-hydrogen) atoms. The molecule has 1 heteroatoms. The summed E-state index contributed by atoms with van der Waals surface area (Å²) in [6.07, 6.45) is 3.82. The second kappa shape index (κ2) is 6.46. The molecule has 0 heterocycles. The molecule has 0 unspecified atom stereocenters. The number of rotatable bonds is 3. The number of hydrogen-bond donors (Lipinski definition) is 0. The molecule has 1 aromatic carbocycles. The van der Waals surface area contributed by atoms with Crippen LogP contribution in [-0.2, 0) is 6.42 Å². The van der Waals surface area contributed by atoms with Crippen molar-refractivity contribution < 1.29 is 0 Å². The average Bonchev–Trinajstić information content (AvgIpc) is 2.04. The van der Waals surface area contributed by atoms with Crippen LogP contribution in [0.3, 0.4) is 0 Å². The molecule has 0 N–H and O–H groups in total. The summed E-state index contributed by atoms with van der Waals surface area (Å²) >= 11 is 2.33. The van der Waals surface area contributed by atoms with Gasteiger partial charge in [0, 0.05) is 3.57 Å². The van der Waals surface area contributed by atoms with Crippen LogP contribution in [0.4, 0.5) is 0 Å². The van der Waals surface area contributed by atoms with Gasteiger partial charge in [-0.15, -0.1) is 0 Å². The van der Waals surface area contributed by atoms with E-state index in [9.17, 15) is 0 Å². The largest absolute Gasteiger partial charge is 0.0776 e. The van der Waals surface area contributed by atoms with Crippen molar-refractivity contribution in [3.8, 4) is 0 Å². The van der Waals surface area contributed by atoms with Gasteiger partial charge in [0.05, 0.1) is 0 Å². The van der Waals surface area contributed by atoms with Crippen LogP contribution in [0.5, 0.6) is 0 Å². The van der Waals surface area contributed by atoms with Crippen molar-refractivity contribution in [2.24, 2.45) is 0 Å². The monoisotopic (exact) mass is 276 g/mol. The number of halogens is 1. The van der Waals surface area contributed by atoms with Gasteiger partial charge in [-0.2, -0.15) is 0 Å². The summed E-state index contributed by atoms with van der Waals surface area (Å²) < 4.78 is 1.32. The van der Waals surface area contributed by atoms with Crippen LogP contribution in [0.25, 0.3) is 0 Å². The quantitative estimate of drug-likeness (QED) is 0.723. The smallest absolute Gasteiger partial charge is 0.0130 e. The molecule has 0 aromatic heterocycles. The van der Waals surface area contributed by atoms with Crippen molar-refractivity contribution >= 4 is 22.6 Å². The molecule has 0 spiro atoms. The molecule has 1 rings (SSSR count). The Morgan fingerprint density at radius 1 is 1.17 bits per heavy atom. The molecular formula is C11H17I. The first-order valence-electron chi connectivity index (χ1n) is 4.07. The van der Waals surface area contributed by atoms with Gasteiger partial charge in [-0.3, -0.25) is 0 Å². The Kier molecular flexibility index (Phi) is 6.44. The summed E-state index contributed by atoms with van der Waals surface area (Å²) in [6, 6.07) is 8.78. The topological polar surface area (TPSA) is 0 Å². The maximum Gasteiger partial charge on any atom is 0.0130 e. The minimum Gasteiger partial charge on any atom is -0.0776 e. The summed E-state index contributed by atoms with van der Waals surface area (Å²) in [4.78, 5) is 0. The maximum absolute atomic E-state index is 2.33. The molecule has 0 amide bonds. The first-order valence-corrected chi connectivity index (χ1v) is 5.15. The van der Waals surface area contributed by atoms with Crippen molar-refractivity contribution in [1.82, 2.24) is 0 Å². The van der Waals surface area contributed by atoms with Crippen LogP contribution in [0.15, 0.2) is 24.3 Å². The maximum atomic E-state index is 2.33. The third-order valence-electron chi connectivity index (χ3n) is 1.73. The Balaban J connectivity index is 0.00000121. The first kappa shape index (κ1) is 11.9. The van der Waals surface area contributed by atoms with Crippen molar-refractivity contribution in [1.29, 1.82) is 0 Å². The van der Waals surface area contributed by atoms with E-state index in [2.05, 4.69) is 53.8 Å². The van der Waals surface area contributed by atoms with Crippen molar-refractivity contribution in [3.63, 3.8) is 0 Å². The molecule has 68 valence electrons. The molecule has 0 bridgehead atoms. The lowest BCUT2D eigenvalue weighted by atomic mass is 10.1. The highest BCUT2D eigenvalue weighted by atomic mass is 127.